The second kappa shape index (κ2) is 6.52. The Balaban J connectivity index is 1.97. The number of carbonyl (C=O) groups is 2. The van der Waals surface area contributed by atoms with Crippen molar-refractivity contribution in [2.75, 3.05) is 19.6 Å². The molecule has 0 aromatic heterocycles. The summed E-state index contributed by atoms with van der Waals surface area (Å²) in [6.45, 7) is 1.93. The van der Waals surface area contributed by atoms with Gasteiger partial charge in [-0.05, 0) is 31.5 Å². The van der Waals surface area contributed by atoms with E-state index >= 15 is 0 Å². The molecule has 1 aromatic rings. The molecule has 5 nitrogen and oxygen atoms in total. The van der Waals surface area contributed by atoms with Crippen molar-refractivity contribution >= 4 is 11.9 Å². The third-order valence-electron chi connectivity index (χ3n) is 3.93. The topological polar surface area (TPSA) is 83.6 Å². The Morgan fingerprint density at radius 2 is 1.85 bits per heavy atom. The molecule has 1 saturated heterocycles. The number of aliphatic carboxylic acids is 1. The van der Waals surface area contributed by atoms with E-state index in [-0.39, 0.29) is 11.8 Å². The van der Waals surface area contributed by atoms with Gasteiger partial charge in [-0.25, -0.2) is 0 Å². The SMILES string of the molecule is NC(=O)C1CCN(CC(C(=O)O)c2ccccc2)CC1. The first-order valence-corrected chi connectivity index (χ1v) is 6.87. The van der Waals surface area contributed by atoms with Crippen molar-refractivity contribution in [2.45, 2.75) is 18.8 Å². The van der Waals surface area contributed by atoms with Gasteiger partial charge >= 0.3 is 5.97 Å². The minimum absolute atomic E-state index is 0.0637. The molecule has 5 heteroatoms. The van der Waals surface area contributed by atoms with Crippen molar-refractivity contribution in [3.05, 3.63) is 35.9 Å². The van der Waals surface area contributed by atoms with Crippen molar-refractivity contribution in [3.8, 4) is 0 Å². The lowest BCUT2D eigenvalue weighted by molar-refractivity contribution is -0.139. The second-order valence-corrected chi connectivity index (χ2v) is 5.28. The molecule has 1 aromatic carbocycles. The van der Waals surface area contributed by atoms with Crippen LogP contribution in [0.1, 0.15) is 24.3 Å². The van der Waals surface area contributed by atoms with Gasteiger partial charge in [-0.1, -0.05) is 30.3 Å². The maximum atomic E-state index is 11.4. The summed E-state index contributed by atoms with van der Waals surface area (Å²) in [5.74, 6) is -1.65. The maximum Gasteiger partial charge on any atom is 0.312 e. The Kier molecular flexibility index (Phi) is 4.74. The number of carboxylic acid groups (broad SMARTS) is 1. The molecule has 1 aliphatic rings. The molecule has 1 aliphatic heterocycles. The maximum absolute atomic E-state index is 11.4. The van der Waals surface area contributed by atoms with Gasteiger partial charge in [-0.2, -0.15) is 0 Å². The van der Waals surface area contributed by atoms with Crippen LogP contribution < -0.4 is 5.73 Å². The Morgan fingerprint density at radius 3 is 2.35 bits per heavy atom. The molecule has 0 saturated carbocycles. The molecule has 3 N–H and O–H groups in total. The molecule has 0 radical (unpaired) electrons. The Morgan fingerprint density at radius 1 is 1.25 bits per heavy atom. The van der Waals surface area contributed by atoms with Crippen LogP contribution >= 0.6 is 0 Å². The number of piperidine rings is 1. The Hall–Kier alpha value is -1.88. The number of hydrogen-bond acceptors (Lipinski definition) is 3. The van der Waals surface area contributed by atoms with Crippen molar-refractivity contribution < 1.29 is 14.7 Å². The van der Waals surface area contributed by atoms with Crippen LogP contribution in [-0.4, -0.2) is 41.5 Å². The average Bonchev–Trinajstić information content (AvgIpc) is 2.46. The highest BCUT2D eigenvalue weighted by Crippen LogP contribution is 2.22. The van der Waals surface area contributed by atoms with Crippen LogP contribution in [0.15, 0.2) is 30.3 Å². The van der Waals surface area contributed by atoms with Crippen LogP contribution in [0.5, 0.6) is 0 Å². The number of nitrogens with two attached hydrogens (primary N) is 1. The summed E-state index contributed by atoms with van der Waals surface area (Å²) in [5, 5.41) is 9.40. The van der Waals surface area contributed by atoms with Crippen molar-refractivity contribution in [3.63, 3.8) is 0 Å². The standard InChI is InChI=1S/C15H20N2O3/c16-14(18)12-6-8-17(9-7-12)10-13(15(19)20)11-4-2-1-3-5-11/h1-5,12-13H,6-10H2,(H2,16,18)(H,19,20). The van der Waals surface area contributed by atoms with Gasteiger partial charge in [0.15, 0.2) is 0 Å². The van der Waals surface area contributed by atoms with Gasteiger partial charge in [0.25, 0.3) is 0 Å². The summed E-state index contributed by atoms with van der Waals surface area (Å²) in [5.41, 5.74) is 6.12. The van der Waals surface area contributed by atoms with Gasteiger partial charge in [0.05, 0.1) is 5.92 Å². The van der Waals surface area contributed by atoms with Gasteiger partial charge < -0.3 is 15.7 Å². The van der Waals surface area contributed by atoms with Crippen LogP contribution in [0.25, 0.3) is 0 Å². The number of amides is 1. The molecule has 1 fully saturated rings. The van der Waals surface area contributed by atoms with E-state index in [0.29, 0.717) is 6.54 Å². The Labute approximate surface area is 118 Å². The number of nitrogens with zero attached hydrogens (tertiary/aromatic N) is 1. The highest BCUT2D eigenvalue weighted by atomic mass is 16.4. The van der Waals surface area contributed by atoms with E-state index in [1.165, 1.54) is 0 Å². The summed E-state index contributed by atoms with van der Waals surface area (Å²) in [6.07, 6.45) is 1.44. The third-order valence-corrected chi connectivity index (χ3v) is 3.93. The lowest BCUT2D eigenvalue weighted by atomic mass is 9.93. The smallest absolute Gasteiger partial charge is 0.312 e. The molecule has 20 heavy (non-hydrogen) atoms. The first-order chi connectivity index (χ1) is 9.58. The summed E-state index contributed by atoms with van der Waals surface area (Å²) in [4.78, 5) is 24.7. The number of carbonyl (C=O) groups excluding carboxylic acids is 1. The number of likely N-dealkylation sites (tertiary alicyclic amines) is 1. The van der Waals surface area contributed by atoms with E-state index in [2.05, 4.69) is 4.90 Å². The Bertz CT molecular complexity index is 467. The van der Waals surface area contributed by atoms with Crippen molar-refractivity contribution in [1.82, 2.24) is 4.90 Å². The monoisotopic (exact) mass is 276 g/mol. The fourth-order valence-electron chi connectivity index (χ4n) is 2.67. The van der Waals surface area contributed by atoms with Crippen LogP contribution in [0.4, 0.5) is 0 Å². The van der Waals surface area contributed by atoms with E-state index in [1.807, 2.05) is 30.3 Å². The molecule has 1 unspecified atom stereocenters. The van der Waals surface area contributed by atoms with Gasteiger partial charge in [-0.15, -0.1) is 0 Å². The summed E-state index contributed by atoms with van der Waals surface area (Å²) in [7, 11) is 0. The predicted molar refractivity (Wildman–Crippen MR) is 75.2 cm³/mol. The zero-order valence-electron chi connectivity index (χ0n) is 11.4. The largest absolute Gasteiger partial charge is 0.481 e. The zero-order chi connectivity index (χ0) is 14.5. The molecule has 1 heterocycles. The number of rotatable bonds is 5. The molecule has 0 bridgehead atoms. The minimum atomic E-state index is -0.812. The van der Waals surface area contributed by atoms with Gasteiger partial charge in [0.2, 0.25) is 5.91 Å². The van der Waals surface area contributed by atoms with Gasteiger partial charge in [0.1, 0.15) is 0 Å². The molecular weight excluding hydrogens is 256 g/mol. The quantitative estimate of drug-likeness (QED) is 0.842. The molecule has 0 aliphatic carbocycles. The van der Waals surface area contributed by atoms with E-state index in [1.54, 1.807) is 0 Å². The van der Waals surface area contributed by atoms with E-state index in [9.17, 15) is 14.7 Å². The minimum Gasteiger partial charge on any atom is -0.481 e. The van der Waals surface area contributed by atoms with E-state index in [0.717, 1.165) is 31.5 Å². The van der Waals surface area contributed by atoms with Crippen LogP contribution in [0.2, 0.25) is 0 Å². The third kappa shape index (κ3) is 3.57. The highest BCUT2D eigenvalue weighted by molar-refractivity contribution is 5.77. The second-order valence-electron chi connectivity index (χ2n) is 5.28. The molecule has 0 spiro atoms. The van der Waals surface area contributed by atoms with Gasteiger partial charge in [0, 0.05) is 12.5 Å². The number of hydrogen-bond donors (Lipinski definition) is 2. The van der Waals surface area contributed by atoms with E-state index < -0.39 is 11.9 Å². The van der Waals surface area contributed by atoms with Gasteiger partial charge in [-0.3, -0.25) is 9.59 Å². The van der Waals surface area contributed by atoms with Crippen molar-refractivity contribution in [1.29, 1.82) is 0 Å². The number of primary amides is 1. The average molecular weight is 276 g/mol. The first kappa shape index (κ1) is 14.5. The van der Waals surface area contributed by atoms with Crippen LogP contribution in [-0.2, 0) is 9.59 Å². The van der Waals surface area contributed by atoms with Crippen LogP contribution in [0.3, 0.4) is 0 Å². The van der Waals surface area contributed by atoms with Crippen LogP contribution in [0, 0.1) is 5.92 Å². The number of benzene rings is 1. The predicted octanol–water partition coefficient (Wildman–Crippen LogP) is 1.05. The molecular formula is C15H20N2O3. The lowest BCUT2D eigenvalue weighted by Gasteiger charge is -2.32. The fourth-order valence-corrected chi connectivity index (χ4v) is 2.67. The molecule has 1 atom stereocenters. The normalized spacial score (nSPS) is 18.6. The molecule has 108 valence electrons. The fraction of sp³-hybridized carbons (Fsp3) is 0.467. The zero-order valence-corrected chi connectivity index (χ0v) is 11.4. The first-order valence-electron chi connectivity index (χ1n) is 6.87. The summed E-state index contributed by atoms with van der Waals surface area (Å²) in [6, 6.07) is 9.26. The van der Waals surface area contributed by atoms with E-state index in [4.69, 9.17) is 5.73 Å². The summed E-state index contributed by atoms with van der Waals surface area (Å²) >= 11 is 0. The molecule has 1 amide bonds. The number of carboxylic acids is 1. The summed E-state index contributed by atoms with van der Waals surface area (Å²) < 4.78 is 0. The van der Waals surface area contributed by atoms with Crippen molar-refractivity contribution in [2.24, 2.45) is 11.7 Å². The lowest BCUT2D eigenvalue weighted by Crippen LogP contribution is -2.41. The molecule has 2 rings (SSSR count). The highest BCUT2D eigenvalue weighted by Gasteiger charge is 2.27.